The van der Waals surface area contributed by atoms with Crippen LogP contribution in [0.15, 0.2) is 39.1 Å². The Morgan fingerprint density at radius 2 is 1.91 bits per heavy atom. The van der Waals surface area contributed by atoms with Crippen LogP contribution in [0.1, 0.15) is 68.8 Å². The summed E-state index contributed by atoms with van der Waals surface area (Å²) in [6.45, 7) is 7.59. The summed E-state index contributed by atoms with van der Waals surface area (Å²) in [5, 5.41) is 0.105. The van der Waals surface area contributed by atoms with Crippen molar-refractivity contribution in [3.8, 4) is 0 Å². The van der Waals surface area contributed by atoms with E-state index in [9.17, 15) is 9.59 Å². The molecule has 2 heterocycles. The molecule has 1 aromatic rings. The van der Waals surface area contributed by atoms with Crippen LogP contribution in [0.25, 0.3) is 0 Å². The molecule has 1 fully saturated rings. The topological polar surface area (TPSA) is 59.0 Å². The zero-order chi connectivity index (χ0) is 23.8. The van der Waals surface area contributed by atoms with Crippen LogP contribution in [0.3, 0.4) is 0 Å². The highest BCUT2D eigenvalue weighted by atomic mass is 79.9. The first kappa shape index (κ1) is 24.5. The number of benzene rings is 1. The maximum Gasteiger partial charge on any atom is 0.337 e. The van der Waals surface area contributed by atoms with Gasteiger partial charge in [0, 0.05) is 10.4 Å². The Bertz CT molecular complexity index is 972. The van der Waals surface area contributed by atoms with E-state index >= 15 is 0 Å². The lowest BCUT2D eigenvalue weighted by Crippen LogP contribution is -2.50. The minimum absolute atomic E-state index is 0.100. The summed E-state index contributed by atoms with van der Waals surface area (Å²) in [7, 11) is 1.39. The average Bonchev–Trinajstić information content (AvgIpc) is 3.33. The fourth-order valence-corrected chi connectivity index (χ4v) is 7.06. The third kappa shape index (κ3) is 5.09. The van der Waals surface area contributed by atoms with Gasteiger partial charge in [0.1, 0.15) is 11.4 Å². The van der Waals surface area contributed by atoms with Crippen molar-refractivity contribution >= 4 is 45.3 Å². The van der Waals surface area contributed by atoms with Gasteiger partial charge in [-0.25, -0.2) is 4.79 Å². The van der Waals surface area contributed by atoms with Crippen molar-refractivity contribution in [2.75, 3.05) is 13.7 Å². The summed E-state index contributed by atoms with van der Waals surface area (Å²) in [6, 6.07) is 7.48. The lowest BCUT2D eigenvalue weighted by Gasteiger charge is -2.45. The van der Waals surface area contributed by atoms with Crippen molar-refractivity contribution in [3.05, 3.63) is 45.3 Å². The Balaban J connectivity index is 1.52. The Hall–Kier alpha value is -1.60. The average molecular weight is 534 g/mol. The minimum atomic E-state index is -0.407. The van der Waals surface area contributed by atoms with Crippen LogP contribution in [0, 0.1) is 11.3 Å². The van der Waals surface area contributed by atoms with Crippen LogP contribution in [-0.2, 0) is 16.0 Å². The first-order valence-corrected chi connectivity index (χ1v) is 13.4. The molecule has 7 heteroatoms. The molecule has 1 aromatic carbocycles. The molecule has 0 N–H and O–H groups in total. The smallest absolute Gasteiger partial charge is 0.337 e. The molecule has 0 bridgehead atoms. The van der Waals surface area contributed by atoms with Crippen LogP contribution in [0.2, 0.25) is 0 Å². The molecule has 1 amide bonds. The summed E-state index contributed by atoms with van der Waals surface area (Å²) in [5.41, 5.74) is 2.25. The van der Waals surface area contributed by atoms with Crippen molar-refractivity contribution < 1.29 is 14.3 Å². The van der Waals surface area contributed by atoms with Gasteiger partial charge in [0.15, 0.2) is 0 Å². The number of ether oxygens (including phenoxy) is 1. The molecule has 2 aliphatic heterocycles. The van der Waals surface area contributed by atoms with E-state index < -0.39 is 5.66 Å². The predicted molar refractivity (Wildman–Crippen MR) is 138 cm³/mol. The summed E-state index contributed by atoms with van der Waals surface area (Å²) < 4.78 is 5.89. The van der Waals surface area contributed by atoms with E-state index in [4.69, 9.17) is 9.73 Å². The second-order valence-corrected chi connectivity index (χ2v) is 13.0. The molecule has 1 aliphatic carbocycles. The van der Waals surface area contributed by atoms with Crippen LogP contribution in [0.4, 0.5) is 0 Å². The fraction of sp³-hybridized carbons (Fsp3) is 0.577. The molecule has 5 nitrogen and oxygen atoms in total. The number of thioether (sulfide) groups is 1. The third-order valence-corrected chi connectivity index (χ3v) is 9.33. The van der Waals surface area contributed by atoms with Crippen LogP contribution < -0.4 is 0 Å². The second-order valence-electron chi connectivity index (χ2n) is 10.4. The number of hydrogen-bond donors (Lipinski definition) is 0. The van der Waals surface area contributed by atoms with Crippen molar-refractivity contribution in [3.63, 3.8) is 0 Å². The monoisotopic (exact) mass is 532 g/mol. The second kappa shape index (κ2) is 9.57. The van der Waals surface area contributed by atoms with Gasteiger partial charge >= 0.3 is 5.97 Å². The molecule has 178 valence electrons. The van der Waals surface area contributed by atoms with E-state index in [1.54, 1.807) is 23.9 Å². The lowest BCUT2D eigenvalue weighted by molar-refractivity contribution is -0.129. The summed E-state index contributed by atoms with van der Waals surface area (Å²) in [5.74, 6) is 0.419. The number of rotatable bonds is 5. The van der Waals surface area contributed by atoms with Crippen molar-refractivity contribution in [2.24, 2.45) is 16.3 Å². The predicted octanol–water partition coefficient (Wildman–Crippen LogP) is 5.97. The van der Waals surface area contributed by atoms with Crippen molar-refractivity contribution in [1.29, 1.82) is 0 Å². The SMILES string of the molecule is COC(=O)c1ccc(CCN2C(=O)C(C3CC=C(Br)S3)=NC23CCC(C(C)(C)C)CC3)cc1. The van der Waals surface area contributed by atoms with E-state index in [1.165, 1.54) is 7.11 Å². The molecule has 0 radical (unpaired) electrons. The highest BCUT2D eigenvalue weighted by Gasteiger charge is 2.51. The van der Waals surface area contributed by atoms with E-state index in [0.717, 1.165) is 53.6 Å². The van der Waals surface area contributed by atoms with E-state index in [0.29, 0.717) is 18.0 Å². The first-order chi connectivity index (χ1) is 15.6. The highest BCUT2D eigenvalue weighted by Crippen LogP contribution is 2.48. The molecule has 1 spiro atoms. The zero-order valence-electron chi connectivity index (χ0n) is 19.9. The Labute approximate surface area is 209 Å². The number of nitrogens with zero attached hydrogens (tertiary/aromatic N) is 2. The number of aliphatic imine (C=N–C) groups is 1. The minimum Gasteiger partial charge on any atom is -0.465 e. The highest BCUT2D eigenvalue weighted by molar-refractivity contribution is 9.14. The maximum absolute atomic E-state index is 13.6. The van der Waals surface area contributed by atoms with Gasteiger partial charge in [-0.1, -0.05) is 39.0 Å². The first-order valence-electron chi connectivity index (χ1n) is 11.7. The summed E-state index contributed by atoms with van der Waals surface area (Å²) in [6.07, 6.45) is 7.77. The molecule has 3 aliphatic rings. The van der Waals surface area contributed by atoms with Gasteiger partial charge in [-0.2, -0.15) is 0 Å². The van der Waals surface area contributed by atoms with Crippen molar-refractivity contribution in [2.45, 2.75) is 70.2 Å². The molecule has 0 saturated heterocycles. The van der Waals surface area contributed by atoms with Gasteiger partial charge in [0.05, 0.1) is 17.9 Å². The van der Waals surface area contributed by atoms with E-state index in [2.05, 4.69) is 47.7 Å². The van der Waals surface area contributed by atoms with Crippen LogP contribution >= 0.6 is 27.7 Å². The molecular weight excluding hydrogens is 500 g/mol. The maximum atomic E-state index is 13.6. The van der Waals surface area contributed by atoms with Crippen LogP contribution in [0.5, 0.6) is 0 Å². The van der Waals surface area contributed by atoms with E-state index in [-0.39, 0.29) is 22.5 Å². The standard InChI is InChI=1S/C26H33BrN2O3S/c1-25(2,3)19-11-14-26(15-12-19)28-22(20-9-10-21(27)33-20)23(30)29(26)16-13-17-5-7-18(8-6-17)24(31)32-4/h5-8,10,19-20H,9,11-16H2,1-4H3. The molecule has 1 unspecified atom stereocenters. The normalized spacial score (nSPS) is 27.7. The zero-order valence-corrected chi connectivity index (χ0v) is 22.3. The number of hydrogen-bond acceptors (Lipinski definition) is 5. The Morgan fingerprint density at radius 3 is 2.45 bits per heavy atom. The molecule has 0 aromatic heterocycles. The van der Waals surface area contributed by atoms with Gasteiger partial charge in [-0.3, -0.25) is 9.79 Å². The molecule has 33 heavy (non-hydrogen) atoms. The van der Waals surface area contributed by atoms with Gasteiger partial charge in [0.2, 0.25) is 0 Å². The number of esters is 1. The molecule has 1 saturated carbocycles. The summed E-state index contributed by atoms with van der Waals surface area (Å²) >= 11 is 5.27. The van der Waals surface area contributed by atoms with E-state index in [1.807, 2.05) is 12.1 Å². The van der Waals surface area contributed by atoms with Gasteiger partial charge in [-0.15, -0.1) is 11.8 Å². The third-order valence-electron chi connectivity index (χ3n) is 7.36. The summed E-state index contributed by atoms with van der Waals surface area (Å²) in [4.78, 5) is 32.6. The van der Waals surface area contributed by atoms with Crippen molar-refractivity contribution in [1.82, 2.24) is 4.90 Å². The number of carbonyl (C=O) groups excluding carboxylic acids is 2. The molecule has 1 atom stereocenters. The molecule has 4 rings (SSSR count). The lowest BCUT2D eigenvalue weighted by atomic mass is 9.69. The van der Waals surface area contributed by atoms with Gasteiger partial charge < -0.3 is 9.64 Å². The Morgan fingerprint density at radius 1 is 1.24 bits per heavy atom. The van der Waals surface area contributed by atoms with Gasteiger partial charge in [-0.05, 0) is 83.5 Å². The molecular formula is C26H33BrN2O3S. The number of amides is 1. The number of methoxy groups -OCH3 is 1. The fourth-order valence-electron chi connectivity index (χ4n) is 5.27. The Kier molecular flexibility index (Phi) is 7.11. The van der Waals surface area contributed by atoms with Gasteiger partial charge in [0.25, 0.3) is 5.91 Å². The number of carbonyl (C=O) groups is 2. The number of allylic oxidation sites excluding steroid dienone is 1. The quantitative estimate of drug-likeness (QED) is 0.438. The largest absolute Gasteiger partial charge is 0.465 e. The number of halogens is 1. The van der Waals surface area contributed by atoms with Crippen LogP contribution in [-0.4, -0.2) is 47.1 Å².